The van der Waals surface area contributed by atoms with E-state index in [4.69, 9.17) is 16.3 Å². The van der Waals surface area contributed by atoms with Crippen molar-refractivity contribution in [2.75, 3.05) is 11.9 Å². The van der Waals surface area contributed by atoms with Crippen LogP contribution in [0.4, 0.5) is 5.69 Å². The van der Waals surface area contributed by atoms with Gasteiger partial charge >= 0.3 is 0 Å². The van der Waals surface area contributed by atoms with Crippen molar-refractivity contribution in [1.29, 1.82) is 0 Å². The highest BCUT2D eigenvalue weighted by Gasteiger charge is 2.14. The Morgan fingerprint density at radius 2 is 1.88 bits per heavy atom. The Bertz CT molecular complexity index is 775. The average Bonchev–Trinajstić information content (AvgIpc) is 2.54. The van der Waals surface area contributed by atoms with Gasteiger partial charge in [-0.15, -0.1) is 0 Å². The predicted octanol–water partition coefficient (Wildman–Crippen LogP) is 3.80. The molecule has 0 saturated heterocycles. The summed E-state index contributed by atoms with van der Waals surface area (Å²) in [6, 6.07) is 12.0. The number of carbonyl (C=O) groups excluding carboxylic acids is 2. The van der Waals surface area contributed by atoms with E-state index in [-0.39, 0.29) is 24.5 Å². The SMILES string of the molecule is Cc1cc(Cl)ccc1OCC(=O)Nc1ccccc1C(=O)NC(C)C. The molecule has 0 aliphatic carbocycles. The molecule has 25 heavy (non-hydrogen) atoms. The highest BCUT2D eigenvalue weighted by molar-refractivity contribution is 6.30. The molecule has 0 atom stereocenters. The van der Waals surface area contributed by atoms with Crippen LogP contribution in [-0.2, 0) is 4.79 Å². The van der Waals surface area contributed by atoms with Gasteiger partial charge in [-0.2, -0.15) is 0 Å². The Balaban J connectivity index is 2.02. The van der Waals surface area contributed by atoms with Crippen molar-refractivity contribution in [3.05, 3.63) is 58.6 Å². The van der Waals surface area contributed by atoms with Gasteiger partial charge in [0.25, 0.3) is 11.8 Å². The number of hydrogen-bond donors (Lipinski definition) is 2. The van der Waals surface area contributed by atoms with E-state index in [2.05, 4.69) is 10.6 Å². The van der Waals surface area contributed by atoms with E-state index >= 15 is 0 Å². The van der Waals surface area contributed by atoms with Crippen LogP contribution < -0.4 is 15.4 Å². The molecule has 0 heterocycles. The summed E-state index contributed by atoms with van der Waals surface area (Å²) in [5.41, 5.74) is 1.70. The predicted molar refractivity (Wildman–Crippen MR) is 99.4 cm³/mol. The van der Waals surface area contributed by atoms with Gasteiger partial charge in [0.15, 0.2) is 6.61 Å². The Morgan fingerprint density at radius 3 is 2.56 bits per heavy atom. The summed E-state index contributed by atoms with van der Waals surface area (Å²) in [6.07, 6.45) is 0. The second-order valence-electron chi connectivity index (χ2n) is 5.92. The number of halogens is 1. The van der Waals surface area contributed by atoms with E-state index in [1.807, 2.05) is 20.8 Å². The minimum absolute atomic E-state index is 0.00692. The Labute approximate surface area is 152 Å². The number of anilines is 1. The molecule has 0 aromatic heterocycles. The number of benzene rings is 2. The molecule has 0 unspecified atom stereocenters. The van der Waals surface area contributed by atoms with E-state index < -0.39 is 0 Å². The zero-order valence-corrected chi connectivity index (χ0v) is 15.2. The molecule has 5 nitrogen and oxygen atoms in total. The largest absolute Gasteiger partial charge is 0.483 e. The fraction of sp³-hybridized carbons (Fsp3) is 0.263. The lowest BCUT2D eigenvalue weighted by Gasteiger charge is -2.14. The highest BCUT2D eigenvalue weighted by atomic mass is 35.5. The van der Waals surface area contributed by atoms with Crippen molar-refractivity contribution in [3.63, 3.8) is 0 Å². The minimum atomic E-state index is -0.348. The molecular formula is C19H21ClN2O3. The van der Waals surface area contributed by atoms with Crippen molar-refractivity contribution in [1.82, 2.24) is 5.32 Å². The summed E-state index contributed by atoms with van der Waals surface area (Å²) in [6.45, 7) is 5.44. The Morgan fingerprint density at radius 1 is 1.16 bits per heavy atom. The van der Waals surface area contributed by atoms with E-state index in [9.17, 15) is 9.59 Å². The molecule has 0 radical (unpaired) electrons. The maximum atomic E-state index is 12.2. The molecular weight excluding hydrogens is 340 g/mol. The number of hydrogen-bond acceptors (Lipinski definition) is 3. The molecule has 0 aliphatic rings. The van der Waals surface area contributed by atoms with E-state index in [0.29, 0.717) is 22.0 Å². The Hall–Kier alpha value is -2.53. The number of ether oxygens (including phenoxy) is 1. The number of aryl methyl sites for hydroxylation is 1. The average molecular weight is 361 g/mol. The molecule has 0 spiro atoms. The number of nitrogens with one attached hydrogen (secondary N) is 2. The fourth-order valence-electron chi connectivity index (χ4n) is 2.23. The number of para-hydroxylation sites is 1. The molecule has 0 saturated carbocycles. The zero-order valence-electron chi connectivity index (χ0n) is 14.4. The van der Waals surface area contributed by atoms with Crippen LogP contribution in [0.1, 0.15) is 29.8 Å². The van der Waals surface area contributed by atoms with Crippen molar-refractivity contribution in [2.24, 2.45) is 0 Å². The molecule has 2 N–H and O–H groups in total. The molecule has 2 aromatic carbocycles. The smallest absolute Gasteiger partial charge is 0.262 e. The third-order valence-electron chi connectivity index (χ3n) is 3.36. The van der Waals surface area contributed by atoms with Gasteiger partial charge in [0.05, 0.1) is 11.3 Å². The summed E-state index contributed by atoms with van der Waals surface area (Å²) >= 11 is 5.90. The van der Waals surface area contributed by atoms with Gasteiger partial charge in [0.2, 0.25) is 0 Å². The minimum Gasteiger partial charge on any atom is -0.483 e. The lowest BCUT2D eigenvalue weighted by molar-refractivity contribution is -0.118. The van der Waals surface area contributed by atoms with Gasteiger partial charge in [-0.05, 0) is 56.7 Å². The van der Waals surface area contributed by atoms with Crippen molar-refractivity contribution < 1.29 is 14.3 Å². The molecule has 2 aromatic rings. The molecule has 132 valence electrons. The number of rotatable bonds is 6. The van der Waals surface area contributed by atoms with E-state index in [1.165, 1.54) is 0 Å². The monoisotopic (exact) mass is 360 g/mol. The summed E-state index contributed by atoms with van der Waals surface area (Å²) in [7, 11) is 0. The van der Waals surface area contributed by atoms with Crippen molar-refractivity contribution >= 4 is 29.1 Å². The van der Waals surface area contributed by atoms with E-state index in [0.717, 1.165) is 5.56 Å². The topological polar surface area (TPSA) is 67.4 Å². The summed E-state index contributed by atoms with van der Waals surface area (Å²) < 4.78 is 5.52. The molecule has 2 amide bonds. The van der Waals surface area contributed by atoms with Crippen LogP contribution >= 0.6 is 11.6 Å². The van der Waals surface area contributed by atoms with Gasteiger partial charge in [-0.3, -0.25) is 9.59 Å². The maximum absolute atomic E-state index is 12.2. The lowest BCUT2D eigenvalue weighted by atomic mass is 10.1. The normalized spacial score (nSPS) is 10.4. The van der Waals surface area contributed by atoms with Crippen LogP contribution in [0, 0.1) is 6.92 Å². The number of amides is 2. The van der Waals surface area contributed by atoms with Crippen LogP contribution in [0.2, 0.25) is 5.02 Å². The van der Waals surface area contributed by atoms with Crippen LogP contribution in [-0.4, -0.2) is 24.5 Å². The van der Waals surface area contributed by atoms with Gasteiger partial charge in [-0.1, -0.05) is 23.7 Å². The van der Waals surface area contributed by atoms with Crippen molar-refractivity contribution in [3.8, 4) is 5.75 Å². The first-order valence-corrected chi connectivity index (χ1v) is 8.33. The molecule has 0 fully saturated rings. The third kappa shape index (κ3) is 5.50. The molecule has 2 rings (SSSR count). The highest BCUT2D eigenvalue weighted by Crippen LogP contribution is 2.22. The summed E-state index contributed by atoms with van der Waals surface area (Å²) in [5, 5.41) is 6.13. The first kappa shape index (κ1) is 18.8. The van der Waals surface area contributed by atoms with Gasteiger partial charge < -0.3 is 15.4 Å². The molecule has 0 bridgehead atoms. The third-order valence-corrected chi connectivity index (χ3v) is 3.60. The molecule has 6 heteroatoms. The van der Waals surface area contributed by atoms with Gasteiger partial charge in [-0.25, -0.2) is 0 Å². The van der Waals surface area contributed by atoms with Crippen molar-refractivity contribution in [2.45, 2.75) is 26.8 Å². The Kier molecular flexibility index (Phi) is 6.42. The lowest BCUT2D eigenvalue weighted by Crippen LogP contribution is -2.31. The fourth-order valence-corrected chi connectivity index (χ4v) is 2.46. The quantitative estimate of drug-likeness (QED) is 0.823. The summed E-state index contributed by atoms with van der Waals surface area (Å²) in [5.74, 6) is 0.00453. The van der Waals surface area contributed by atoms with Crippen LogP contribution in [0.15, 0.2) is 42.5 Å². The second-order valence-corrected chi connectivity index (χ2v) is 6.36. The van der Waals surface area contributed by atoms with Gasteiger partial charge in [0.1, 0.15) is 5.75 Å². The maximum Gasteiger partial charge on any atom is 0.262 e. The standard InChI is InChI=1S/C19H21ClN2O3/c1-12(2)21-19(24)15-6-4-5-7-16(15)22-18(23)11-25-17-9-8-14(20)10-13(17)3/h4-10,12H,11H2,1-3H3,(H,21,24)(H,22,23). The van der Waals surface area contributed by atoms with Crippen LogP contribution in [0.5, 0.6) is 5.75 Å². The first-order valence-electron chi connectivity index (χ1n) is 7.95. The molecule has 0 aliphatic heterocycles. The second kappa shape index (κ2) is 8.53. The first-order chi connectivity index (χ1) is 11.9. The zero-order chi connectivity index (χ0) is 18.4. The van der Waals surface area contributed by atoms with Crippen LogP contribution in [0.3, 0.4) is 0 Å². The van der Waals surface area contributed by atoms with Crippen LogP contribution in [0.25, 0.3) is 0 Å². The van der Waals surface area contributed by atoms with Gasteiger partial charge in [0, 0.05) is 11.1 Å². The number of carbonyl (C=O) groups is 2. The van der Waals surface area contributed by atoms with E-state index in [1.54, 1.807) is 42.5 Å². The summed E-state index contributed by atoms with van der Waals surface area (Å²) in [4.78, 5) is 24.4.